The highest BCUT2D eigenvalue weighted by Gasteiger charge is 2.24. The first-order valence-electron chi connectivity index (χ1n) is 11.4. The topological polar surface area (TPSA) is 98.6 Å². The molecule has 0 aliphatic heterocycles. The first-order chi connectivity index (χ1) is 16.7. The number of nitrogens with zero attached hydrogens (tertiary/aromatic N) is 5. The number of H-pyrrole nitrogens is 1. The summed E-state index contributed by atoms with van der Waals surface area (Å²) >= 11 is 1.48. The lowest BCUT2D eigenvalue weighted by molar-refractivity contribution is 0.0509. The molecule has 34 heavy (non-hydrogen) atoms. The number of esters is 1. The molecular formula is C25H28N6O2S. The molecule has 0 fully saturated rings. The number of hydrogen-bond donors (Lipinski definition) is 1. The van der Waals surface area contributed by atoms with Crippen molar-refractivity contribution in [3.8, 4) is 22.5 Å². The average Bonchev–Trinajstić information content (AvgIpc) is 3.52. The molecule has 0 atom stereocenters. The van der Waals surface area contributed by atoms with Crippen LogP contribution in [0.15, 0.2) is 53.6 Å². The second-order valence-corrected chi connectivity index (χ2v) is 8.58. The fourth-order valence-electron chi connectivity index (χ4n) is 3.90. The minimum atomic E-state index is -0.326. The number of thioether (sulfide) groups is 1. The van der Waals surface area contributed by atoms with Crippen LogP contribution in [0.25, 0.3) is 22.5 Å². The number of carbonyl (C=O) groups is 1. The number of ether oxygens (including phenoxy) is 1. The summed E-state index contributed by atoms with van der Waals surface area (Å²) in [5.41, 5.74) is 4.65. The van der Waals surface area contributed by atoms with Crippen LogP contribution in [-0.4, -0.2) is 49.0 Å². The number of hydrogen-bond acceptors (Lipinski definition) is 7. The third-order valence-corrected chi connectivity index (χ3v) is 6.24. The molecule has 176 valence electrons. The number of carbonyl (C=O) groups excluding carboxylic acids is 1. The van der Waals surface area contributed by atoms with Crippen molar-refractivity contribution in [1.29, 1.82) is 0 Å². The summed E-state index contributed by atoms with van der Waals surface area (Å²) < 4.78 is 7.38. The smallest absolute Gasteiger partial charge is 0.357 e. The van der Waals surface area contributed by atoms with Crippen LogP contribution < -0.4 is 0 Å². The van der Waals surface area contributed by atoms with E-state index in [1.807, 2.05) is 35.9 Å². The number of aryl methyl sites for hydroxylation is 1. The second-order valence-electron chi connectivity index (χ2n) is 7.79. The van der Waals surface area contributed by atoms with Crippen LogP contribution in [-0.2, 0) is 17.7 Å². The average molecular weight is 477 g/mol. The largest absolute Gasteiger partial charge is 0.461 e. The van der Waals surface area contributed by atoms with E-state index in [-0.39, 0.29) is 5.97 Å². The number of aromatic amines is 1. The summed E-state index contributed by atoms with van der Waals surface area (Å²) in [4.78, 5) is 17.6. The van der Waals surface area contributed by atoms with Crippen LogP contribution in [0, 0.1) is 0 Å². The Labute approximate surface area is 203 Å². The van der Waals surface area contributed by atoms with Crippen molar-refractivity contribution in [1.82, 2.24) is 30.2 Å². The molecule has 1 N–H and O–H groups in total. The number of nitrogens with one attached hydrogen (secondary N) is 1. The highest BCUT2D eigenvalue weighted by Crippen LogP contribution is 2.30. The maximum atomic E-state index is 12.8. The zero-order valence-corrected chi connectivity index (χ0v) is 20.4. The lowest BCUT2D eigenvalue weighted by atomic mass is 9.98. The van der Waals surface area contributed by atoms with Gasteiger partial charge in [-0.3, -0.25) is 0 Å². The normalized spacial score (nSPS) is 11.0. The van der Waals surface area contributed by atoms with E-state index < -0.39 is 0 Å². The van der Waals surface area contributed by atoms with Gasteiger partial charge in [-0.2, -0.15) is 0 Å². The van der Waals surface area contributed by atoms with E-state index in [1.54, 1.807) is 0 Å². The Morgan fingerprint density at radius 1 is 1.09 bits per heavy atom. The Morgan fingerprint density at radius 3 is 2.50 bits per heavy atom. The Balaban J connectivity index is 1.67. The molecular weight excluding hydrogens is 448 g/mol. The summed E-state index contributed by atoms with van der Waals surface area (Å²) in [5, 5.41) is 15.0. The van der Waals surface area contributed by atoms with E-state index in [9.17, 15) is 4.79 Å². The van der Waals surface area contributed by atoms with Gasteiger partial charge in [-0.1, -0.05) is 61.9 Å². The number of unbranched alkanes of at least 4 members (excludes halogenated alkanes) is 1. The zero-order valence-electron chi connectivity index (χ0n) is 19.6. The van der Waals surface area contributed by atoms with Gasteiger partial charge in [0.2, 0.25) is 0 Å². The third kappa shape index (κ3) is 5.04. The van der Waals surface area contributed by atoms with Crippen molar-refractivity contribution in [2.45, 2.75) is 44.7 Å². The van der Waals surface area contributed by atoms with Gasteiger partial charge in [0.15, 0.2) is 11.5 Å². The quantitative estimate of drug-likeness (QED) is 0.253. The molecule has 0 aliphatic carbocycles. The van der Waals surface area contributed by atoms with Crippen LogP contribution >= 0.6 is 11.8 Å². The first kappa shape index (κ1) is 23.7. The van der Waals surface area contributed by atoms with Crippen LogP contribution in [0.2, 0.25) is 0 Å². The molecule has 2 heterocycles. The van der Waals surface area contributed by atoms with Crippen molar-refractivity contribution in [3.63, 3.8) is 0 Å². The maximum Gasteiger partial charge on any atom is 0.357 e. The maximum absolute atomic E-state index is 12.8. The van der Waals surface area contributed by atoms with Crippen LogP contribution in [0.3, 0.4) is 0 Å². The summed E-state index contributed by atoms with van der Waals surface area (Å²) in [6.07, 6.45) is 4.83. The first-order valence-corrected chi connectivity index (χ1v) is 12.6. The van der Waals surface area contributed by atoms with Gasteiger partial charge in [-0.05, 0) is 46.7 Å². The lowest BCUT2D eigenvalue weighted by Gasteiger charge is -2.13. The van der Waals surface area contributed by atoms with Crippen LogP contribution in [0.5, 0.6) is 0 Å². The summed E-state index contributed by atoms with van der Waals surface area (Å²) in [7, 11) is 0. The zero-order chi connectivity index (χ0) is 23.9. The fourth-order valence-corrected chi connectivity index (χ4v) is 4.48. The van der Waals surface area contributed by atoms with Crippen LogP contribution in [0.4, 0.5) is 0 Å². The molecule has 0 unspecified atom stereocenters. The SMILES string of the molecule is CCCCc1nc(SC)c(C(=O)OCC)n1Cc1ccc(-c2ccccc2-c2nnn[nH]2)cc1. The van der Waals surface area contributed by atoms with E-state index in [0.717, 1.165) is 52.4 Å². The minimum Gasteiger partial charge on any atom is -0.461 e. The number of aromatic nitrogens is 6. The second kappa shape index (κ2) is 11.1. The molecule has 0 bridgehead atoms. The fraction of sp³-hybridized carbons (Fsp3) is 0.320. The number of benzene rings is 2. The Kier molecular flexibility index (Phi) is 7.74. The molecule has 0 saturated carbocycles. The predicted octanol–water partition coefficient (Wildman–Crippen LogP) is 5.02. The highest BCUT2D eigenvalue weighted by atomic mass is 32.2. The van der Waals surface area contributed by atoms with Gasteiger partial charge in [0.25, 0.3) is 0 Å². The van der Waals surface area contributed by atoms with E-state index in [1.165, 1.54) is 11.8 Å². The summed E-state index contributed by atoms with van der Waals surface area (Å²) in [5.74, 6) is 1.22. The molecule has 2 aromatic heterocycles. The number of imidazole rings is 1. The third-order valence-electron chi connectivity index (χ3n) is 5.56. The van der Waals surface area contributed by atoms with Gasteiger partial charge in [0.1, 0.15) is 10.9 Å². The molecule has 0 aliphatic rings. The van der Waals surface area contributed by atoms with E-state index in [2.05, 4.69) is 57.9 Å². The van der Waals surface area contributed by atoms with Gasteiger partial charge in [-0.25, -0.2) is 14.9 Å². The molecule has 0 amide bonds. The Bertz CT molecular complexity index is 1240. The van der Waals surface area contributed by atoms with Crippen molar-refractivity contribution in [2.75, 3.05) is 12.9 Å². The van der Waals surface area contributed by atoms with E-state index in [0.29, 0.717) is 24.7 Å². The Hall–Kier alpha value is -3.46. The summed E-state index contributed by atoms with van der Waals surface area (Å²) in [6.45, 7) is 4.85. The van der Waals surface area contributed by atoms with Gasteiger partial charge in [-0.15, -0.1) is 16.9 Å². The Morgan fingerprint density at radius 2 is 1.85 bits per heavy atom. The molecule has 2 aromatic carbocycles. The van der Waals surface area contributed by atoms with Crippen molar-refractivity contribution in [3.05, 3.63) is 65.6 Å². The molecule has 8 nitrogen and oxygen atoms in total. The van der Waals surface area contributed by atoms with Gasteiger partial charge in [0.05, 0.1) is 6.61 Å². The standard InChI is InChI=1S/C25H28N6O2S/c1-4-6-11-21-26-24(34-3)22(25(32)33-5-2)31(21)16-17-12-14-18(15-13-17)19-9-7-8-10-20(19)23-27-29-30-28-23/h7-10,12-15H,4-6,11,16H2,1-3H3,(H,27,28,29,30). The predicted molar refractivity (Wildman–Crippen MR) is 133 cm³/mol. The van der Waals surface area contributed by atoms with Crippen molar-refractivity contribution in [2.24, 2.45) is 0 Å². The van der Waals surface area contributed by atoms with Crippen molar-refractivity contribution < 1.29 is 9.53 Å². The molecule has 4 rings (SSSR count). The van der Waals surface area contributed by atoms with E-state index in [4.69, 9.17) is 9.72 Å². The molecule has 9 heteroatoms. The molecule has 0 saturated heterocycles. The number of rotatable bonds is 10. The number of tetrazole rings is 1. The van der Waals surface area contributed by atoms with Gasteiger partial charge < -0.3 is 9.30 Å². The molecule has 4 aromatic rings. The summed E-state index contributed by atoms with van der Waals surface area (Å²) in [6, 6.07) is 16.3. The lowest BCUT2D eigenvalue weighted by Crippen LogP contribution is -2.16. The van der Waals surface area contributed by atoms with Crippen molar-refractivity contribution >= 4 is 17.7 Å². The molecule has 0 spiro atoms. The highest BCUT2D eigenvalue weighted by molar-refractivity contribution is 7.98. The monoisotopic (exact) mass is 476 g/mol. The van der Waals surface area contributed by atoms with Gasteiger partial charge >= 0.3 is 5.97 Å². The minimum absolute atomic E-state index is 0.326. The van der Waals surface area contributed by atoms with Gasteiger partial charge in [0, 0.05) is 18.5 Å². The van der Waals surface area contributed by atoms with Crippen LogP contribution in [0.1, 0.15) is 48.6 Å². The van der Waals surface area contributed by atoms with E-state index >= 15 is 0 Å². The molecule has 0 radical (unpaired) electrons.